The van der Waals surface area contributed by atoms with Crippen molar-refractivity contribution in [2.75, 3.05) is 19.5 Å². The van der Waals surface area contributed by atoms with E-state index in [1.807, 2.05) is 12.1 Å². The molecule has 0 aliphatic heterocycles. The molecule has 0 bridgehead atoms. The average Bonchev–Trinajstić information content (AvgIpc) is 3.28. The normalized spacial score (nSPS) is 11.2. The first-order chi connectivity index (χ1) is 15.1. The zero-order chi connectivity index (χ0) is 21.8. The second-order valence-corrected chi connectivity index (χ2v) is 7.26. The van der Waals surface area contributed by atoms with Crippen LogP contribution in [0.1, 0.15) is 5.01 Å². The number of allylic oxidation sites excluding steroid dienone is 1. The summed E-state index contributed by atoms with van der Waals surface area (Å²) in [5.74, 6) is 1.25. The van der Waals surface area contributed by atoms with Gasteiger partial charge in [-0.25, -0.2) is 9.78 Å². The number of nitrogens with zero attached hydrogens (tertiary/aromatic N) is 2. The minimum Gasteiger partial charge on any atom is -0.497 e. The van der Waals surface area contributed by atoms with Crippen molar-refractivity contribution in [1.29, 1.82) is 5.26 Å². The van der Waals surface area contributed by atoms with Crippen molar-refractivity contribution in [2.45, 2.75) is 0 Å². The third-order valence-electron chi connectivity index (χ3n) is 4.55. The van der Waals surface area contributed by atoms with Crippen molar-refractivity contribution in [3.05, 3.63) is 75.5 Å². The number of hydrogen-bond acceptors (Lipinski definition) is 8. The molecule has 0 spiro atoms. The minimum absolute atomic E-state index is 0.311. The zero-order valence-electron chi connectivity index (χ0n) is 16.7. The summed E-state index contributed by atoms with van der Waals surface area (Å²) in [6, 6.07) is 16.5. The van der Waals surface area contributed by atoms with Gasteiger partial charge in [-0.3, -0.25) is 0 Å². The Bertz CT molecular complexity index is 1380. The Hall–Kier alpha value is -4.09. The molecule has 0 atom stereocenters. The summed E-state index contributed by atoms with van der Waals surface area (Å²) in [7, 11) is 3.13. The van der Waals surface area contributed by atoms with Gasteiger partial charge in [0.05, 0.1) is 31.2 Å². The third-order valence-corrected chi connectivity index (χ3v) is 5.43. The highest BCUT2D eigenvalue weighted by atomic mass is 32.1. The van der Waals surface area contributed by atoms with Gasteiger partial charge in [0.2, 0.25) is 0 Å². The van der Waals surface area contributed by atoms with E-state index in [-0.39, 0.29) is 0 Å². The molecule has 0 fully saturated rings. The molecule has 1 N–H and O–H groups in total. The van der Waals surface area contributed by atoms with Gasteiger partial charge in [-0.15, -0.1) is 11.3 Å². The van der Waals surface area contributed by atoms with Gasteiger partial charge >= 0.3 is 5.63 Å². The average molecular weight is 431 g/mol. The highest BCUT2D eigenvalue weighted by Crippen LogP contribution is 2.30. The summed E-state index contributed by atoms with van der Waals surface area (Å²) in [6.45, 7) is 0. The lowest BCUT2D eigenvalue weighted by Crippen LogP contribution is -2.03. The fourth-order valence-corrected chi connectivity index (χ4v) is 3.77. The second-order valence-electron chi connectivity index (χ2n) is 6.40. The predicted molar refractivity (Wildman–Crippen MR) is 120 cm³/mol. The lowest BCUT2D eigenvalue weighted by Gasteiger charge is -2.10. The van der Waals surface area contributed by atoms with Crippen LogP contribution >= 0.6 is 11.3 Å². The Balaban J connectivity index is 1.66. The number of aromatic nitrogens is 1. The van der Waals surface area contributed by atoms with Crippen molar-refractivity contribution in [1.82, 2.24) is 4.98 Å². The molecule has 4 rings (SSSR count). The van der Waals surface area contributed by atoms with E-state index in [1.54, 1.807) is 62.2 Å². The van der Waals surface area contributed by atoms with Crippen molar-refractivity contribution in [3.8, 4) is 28.8 Å². The SMILES string of the molecule is COc1ccc(OC)c(N/C=C(\C#N)c2nc(-c3cc4ccccc4oc3=O)cs2)c1. The van der Waals surface area contributed by atoms with Crippen molar-refractivity contribution < 1.29 is 13.9 Å². The Labute approximate surface area is 181 Å². The molecule has 4 aromatic rings. The zero-order valence-corrected chi connectivity index (χ0v) is 17.5. The molecular formula is C23H17N3O4S. The molecule has 0 unspecified atom stereocenters. The van der Waals surface area contributed by atoms with Crippen LogP contribution in [0.5, 0.6) is 11.5 Å². The fourth-order valence-electron chi connectivity index (χ4n) is 2.98. The van der Waals surface area contributed by atoms with Crippen molar-refractivity contribution in [3.63, 3.8) is 0 Å². The summed E-state index contributed by atoms with van der Waals surface area (Å²) in [4.78, 5) is 16.9. The number of para-hydroxylation sites is 1. The maximum absolute atomic E-state index is 12.4. The van der Waals surface area contributed by atoms with Crippen LogP contribution in [-0.4, -0.2) is 19.2 Å². The third kappa shape index (κ3) is 4.13. The summed E-state index contributed by atoms with van der Waals surface area (Å²) in [5, 5.41) is 15.7. The van der Waals surface area contributed by atoms with E-state index in [9.17, 15) is 10.1 Å². The molecular weight excluding hydrogens is 414 g/mol. The van der Waals surface area contributed by atoms with E-state index in [1.165, 1.54) is 11.3 Å². The molecule has 2 aromatic carbocycles. The van der Waals surface area contributed by atoms with Gasteiger partial charge in [0.15, 0.2) is 0 Å². The molecule has 0 saturated heterocycles. The Morgan fingerprint density at radius 2 is 2.03 bits per heavy atom. The Morgan fingerprint density at radius 3 is 2.81 bits per heavy atom. The lowest BCUT2D eigenvalue weighted by atomic mass is 10.1. The van der Waals surface area contributed by atoms with Crippen LogP contribution < -0.4 is 20.4 Å². The number of anilines is 1. The standard InChI is InChI=1S/C23H17N3O4S/c1-28-16-7-8-21(29-2)18(10-16)25-12-15(11-24)22-26-19(13-31-22)17-9-14-5-3-4-6-20(14)30-23(17)27/h3-10,12-13,25H,1-2H3/b15-12+. The second kappa shape index (κ2) is 8.73. The lowest BCUT2D eigenvalue weighted by molar-refractivity contribution is 0.405. The van der Waals surface area contributed by atoms with Crippen molar-refractivity contribution >= 4 is 33.6 Å². The van der Waals surface area contributed by atoms with E-state index < -0.39 is 5.63 Å². The first-order valence-electron chi connectivity index (χ1n) is 9.21. The molecule has 2 heterocycles. The number of rotatable bonds is 6. The molecule has 0 aliphatic carbocycles. The Kier molecular flexibility index (Phi) is 5.69. The van der Waals surface area contributed by atoms with Gasteiger partial charge in [-0.1, -0.05) is 18.2 Å². The van der Waals surface area contributed by atoms with E-state index in [4.69, 9.17) is 13.9 Å². The van der Waals surface area contributed by atoms with Gasteiger partial charge in [-0.05, 0) is 24.3 Å². The van der Waals surface area contributed by atoms with Gasteiger partial charge < -0.3 is 19.2 Å². The smallest absolute Gasteiger partial charge is 0.345 e. The summed E-state index contributed by atoms with van der Waals surface area (Å²) < 4.78 is 16.0. The Morgan fingerprint density at radius 1 is 1.19 bits per heavy atom. The molecule has 0 aliphatic rings. The number of hydrogen-bond donors (Lipinski definition) is 1. The number of methoxy groups -OCH3 is 2. The number of fused-ring (bicyclic) bond motifs is 1. The summed E-state index contributed by atoms with van der Waals surface area (Å²) in [6.07, 6.45) is 1.54. The van der Waals surface area contributed by atoms with Crippen molar-refractivity contribution in [2.24, 2.45) is 0 Å². The maximum Gasteiger partial charge on any atom is 0.345 e. The molecule has 7 nitrogen and oxygen atoms in total. The first-order valence-corrected chi connectivity index (χ1v) is 10.1. The molecule has 2 aromatic heterocycles. The van der Waals surface area contributed by atoms with Gasteiger partial charge in [0, 0.05) is 23.0 Å². The van der Waals surface area contributed by atoms with Crippen LogP contribution in [0.2, 0.25) is 0 Å². The topological polar surface area (TPSA) is 97.4 Å². The molecule has 154 valence electrons. The summed E-state index contributed by atoms with van der Waals surface area (Å²) in [5.41, 5.74) is 1.80. The number of thiazole rings is 1. The van der Waals surface area contributed by atoms with Crippen LogP contribution in [0.15, 0.2) is 69.3 Å². The van der Waals surface area contributed by atoms with Crippen LogP contribution in [0.3, 0.4) is 0 Å². The summed E-state index contributed by atoms with van der Waals surface area (Å²) >= 11 is 1.27. The van der Waals surface area contributed by atoms with Crippen LogP contribution in [0, 0.1) is 11.3 Å². The number of ether oxygens (including phenoxy) is 2. The first kappa shape index (κ1) is 20.2. The largest absolute Gasteiger partial charge is 0.497 e. The molecule has 0 amide bonds. The molecule has 8 heteroatoms. The van der Waals surface area contributed by atoms with Crippen LogP contribution in [0.4, 0.5) is 5.69 Å². The highest BCUT2D eigenvalue weighted by Gasteiger charge is 2.14. The highest BCUT2D eigenvalue weighted by molar-refractivity contribution is 7.11. The number of benzene rings is 2. The van der Waals surface area contributed by atoms with Crippen LogP contribution in [0.25, 0.3) is 27.8 Å². The maximum atomic E-state index is 12.4. The molecule has 31 heavy (non-hydrogen) atoms. The molecule has 0 radical (unpaired) electrons. The predicted octanol–water partition coefficient (Wildman–Crippen LogP) is 4.91. The van der Waals surface area contributed by atoms with E-state index in [2.05, 4.69) is 16.4 Å². The van der Waals surface area contributed by atoms with Gasteiger partial charge in [0.1, 0.15) is 33.7 Å². The van der Waals surface area contributed by atoms with Crippen LogP contribution in [-0.2, 0) is 0 Å². The van der Waals surface area contributed by atoms with E-state index in [0.717, 1.165) is 5.39 Å². The minimum atomic E-state index is -0.475. The molecule has 0 saturated carbocycles. The fraction of sp³-hybridized carbons (Fsp3) is 0.0870. The number of nitriles is 1. The van der Waals surface area contributed by atoms with E-state index in [0.29, 0.717) is 44.6 Å². The van der Waals surface area contributed by atoms with Gasteiger partial charge in [0.25, 0.3) is 0 Å². The quantitative estimate of drug-likeness (QED) is 0.342. The monoisotopic (exact) mass is 431 g/mol. The number of nitrogens with one attached hydrogen (secondary N) is 1. The van der Waals surface area contributed by atoms with E-state index >= 15 is 0 Å². The van der Waals surface area contributed by atoms with Gasteiger partial charge in [-0.2, -0.15) is 5.26 Å².